The highest BCUT2D eigenvalue weighted by molar-refractivity contribution is 5.70. The van der Waals surface area contributed by atoms with Crippen LogP contribution in [0, 0.1) is 5.92 Å². The number of fused-ring (bicyclic) bond motifs is 1. The third-order valence-corrected chi connectivity index (χ3v) is 2.62. The molecule has 0 aliphatic heterocycles. The SMILES string of the molecule is Nc1nc2c(ncn2CC(C=O)CCO)c(=O)[nH]1. The van der Waals surface area contributed by atoms with Crippen LogP contribution in [0.2, 0.25) is 0 Å². The van der Waals surface area contributed by atoms with E-state index in [4.69, 9.17) is 10.8 Å². The van der Waals surface area contributed by atoms with E-state index in [0.29, 0.717) is 18.6 Å². The maximum Gasteiger partial charge on any atom is 0.280 e. The van der Waals surface area contributed by atoms with Gasteiger partial charge < -0.3 is 20.2 Å². The molecule has 1 atom stereocenters. The molecule has 8 nitrogen and oxygen atoms in total. The van der Waals surface area contributed by atoms with Crippen LogP contribution in [0.4, 0.5) is 5.95 Å². The fourth-order valence-corrected chi connectivity index (χ4v) is 1.73. The first-order valence-electron chi connectivity index (χ1n) is 5.42. The molecule has 0 saturated heterocycles. The first-order chi connectivity index (χ1) is 8.65. The van der Waals surface area contributed by atoms with Gasteiger partial charge in [0, 0.05) is 19.1 Å². The van der Waals surface area contributed by atoms with Crippen molar-refractivity contribution in [1.82, 2.24) is 19.5 Å². The number of rotatable bonds is 5. The number of anilines is 1. The average molecular weight is 251 g/mol. The normalized spacial score (nSPS) is 12.7. The molecule has 0 amide bonds. The summed E-state index contributed by atoms with van der Waals surface area (Å²) in [5, 5.41) is 8.82. The number of hydrogen-bond acceptors (Lipinski definition) is 6. The van der Waals surface area contributed by atoms with Crippen LogP contribution in [0.3, 0.4) is 0 Å². The zero-order chi connectivity index (χ0) is 13.1. The van der Waals surface area contributed by atoms with Crippen molar-refractivity contribution < 1.29 is 9.90 Å². The van der Waals surface area contributed by atoms with Gasteiger partial charge in [0.25, 0.3) is 5.56 Å². The van der Waals surface area contributed by atoms with Gasteiger partial charge in [-0.3, -0.25) is 9.78 Å². The Morgan fingerprint density at radius 2 is 2.39 bits per heavy atom. The van der Waals surface area contributed by atoms with Crippen LogP contribution in [0.15, 0.2) is 11.1 Å². The van der Waals surface area contributed by atoms with Gasteiger partial charge in [0.05, 0.1) is 6.33 Å². The Bertz CT molecular complexity index is 617. The fourth-order valence-electron chi connectivity index (χ4n) is 1.73. The molecule has 0 spiro atoms. The van der Waals surface area contributed by atoms with Gasteiger partial charge >= 0.3 is 0 Å². The van der Waals surface area contributed by atoms with Gasteiger partial charge in [-0.15, -0.1) is 0 Å². The zero-order valence-corrected chi connectivity index (χ0v) is 9.54. The number of nitrogen functional groups attached to an aromatic ring is 1. The number of hydrogen-bond donors (Lipinski definition) is 3. The van der Waals surface area contributed by atoms with Gasteiger partial charge in [-0.05, 0) is 6.42 Å². The van der Waals surface area contributed by atoms with Gasteiger partial charge in [0.15, 0.2) is 11.2 Å². The van der Waals surface area contributed by atoms with Gasteiger partial charge in [-0.1, -0.05) is 0 Å². The third kappa shape index (κ3) is 2.23. The largest absolute Gasteiger partial charge is 0.396 e. The number of aldehydes is 1. The summed E-state index contributed by atoms with van der Waals surface area (Å²) < 4.78 is 1.58. The van der Waals surface area contributed by atoms with Crippen LogP contribution in [-0.2, 0) is 11.3 Å². The van der Waals surface area contributed by atoms with Crippen molar-refractivity contribution in [2.45, 2.75) is 13.0 Å². The number of nitrogens with one attached hydrogen (secondary N) is 1. The van der Waals surface area contributed by atoms with E-state index in [1.54, 1.807) is 4.57 Å². The van der Waals surface area contributed by atoms with E-state index < -0.39 is 5.56 Å². The number of carbonyl (C=O) groups excluding carboxylic acids is 1. The summed E-state index contributed by atoms with van der Waals surface area (Å²) in [6, 6.07) is 0. The molecule has 4 N–H and O–H groups in total. The summed E-state index contributed by atoms with van der Waals surface area (Å²) in [6.07, 6.45) is 2.54. The molecule has 96 valence electrons. The predicted octanol–water partition coefficient (Wildman–Crippen LogP) is -1.10. The molecule has 0 bridgehead atoms. The number of H-pyrrole nitrogens is 1. The second-order valence-electron chi connectivity index (χ2n) is 3.93. The van der Waals surface area contributed by atoms with Crippen molar-refractivity contribution in [2.24, 2.45) is 5.92 Å². The van der Waals surface area contributed by atoms with Crippen molar-refractivity contribution in [3.63, 3.8) is 0 Å². The third-order valence-electron chi connectivity index (χ3n) is 2.62. The van der Waals surface area contributed by atoms with Gasteiger partial charge in [-0.2, -0.15) is 4.98 Å². The predicted molar refractivity (Wildman–Crippen MR) is 63.8 cm³/mol. The summed E-state index contributed by atoms with van der Waals surface area (Å²) >= 11 is 0. The van der Waals surface area contributed by atoms with E-state index in [9.17, 15) is 9.59 Å². The molecule has 8 heteroatoms. The molecular weight excluding hydrogens is 238 g/mol. The lowest BCUT2D eigenvalue weighted by molar-refractivity contribution is -0.111. The van der Waals surface area contributed by atoms with E-state index >= 15 is 0 Å². The van der Waals surface area contributed by atoms with Gasteiger partial charge in [0.2, 0.25) is 5.95 Å². The molecule has 18 heavy (non-hydrogen) atoms. The molecule has 0 aliphatic rings. The summed E-state index contributed by atoms with van der Waals surface area (Å²) in [5.74, 6) is -0.353. The number of aliphatic hydroxyl groups is 1. The molecule has 2 heterocycles. The molecule has 1 unspecified atom stereocenters. The van der Waals surface area contributed by atoms with Crippen LogP contribution in [0.25, 0.3) is 11.2 Å². The van der Waals surface area contributed by atoms with E-state index in [1.807, 2.05) is 0 Å². The first-order valence-corrected chi connectivity index (χ1v) is 5.42. The van der Waals surface area contributed by atoms with Crippen LogP contribution >= 0.6 is 0 Å². The number of nitrogens with zero attached hydrogens (tertiary/aromatic N) is 3. The van der Waals surface area contributed by atoms with Crippen LogP contribution in [0.5, 0.6) is 0 Å². The Morgan fingerprint density at radius 3 is 3.06 bits per heavy atom. The summed E-state index contributed by atoms with van der Waals surface area (Å²) in [7, 11) is 0. The number of imidazole rings is 1. The fraction of sp³-hybridized carbons (Fsp3) is 0.400. The van der Waals surface area contributed by atoms with E-state index in [1.165, 1.54) is 6.33 Å². The quantitative estimate of drug-likeness (QED) is 0.579. The molecule has 2 rings (SSSR count). The molecule has 0 saturated carbocycles. The maximum absolute atomic E-state index is 11.5. The summed E-state index contributed by atoms with van der Waals surface area (Å²) in [5.41, 5.74) is 5.55. The number of nitrogens with two attached hydrogens (primary N) is 1. The zero-order valence-electron chi connectivity index (χ0n) is 9.54. The van der Waals surface area contributed by atoms with Crippen molar-refractivity contribution in [3.8, 4) is 0 Å². The van der Waals surface area contributed by atoms with Crippen LogP contribution < -0.4 is 11.3 Å². The van der Waals surface area contributed by atoms with E-state index in [0.717, 1.165) is 6.29 Å². The smallest absolute Gasteiger partial charge is 0.280 e. The summed E-state index contributed by atoms with van der Waals surface area (Å²) in [4.78, 5) is 32.6. The maximum atomic E-state index is 11.5. The molecule has 0 fully saturated rings. The Kier molecular flexibility index (Phi) is 3.38. The Balaban J connectivity index is 2.40. The van der Waals surface area contributed by atoms with Gasteiger partial charge in [0.1, 0.15) is 6.29 Å². The van der Waals surface area contributed by atoms with Crippen LogP contribution in [-0.4, -0.2) is 37.5 Å². The minimum atomic E-state index is -0.416. The number of aliphatic hydroxyl groups excluding tert-OH is 1. The second kappa shape index (κ2) is 4.96. The lowest BCUT2D eigenvalue weighted by Gasteiger charge is -2.09. The molecule has 2 aromatic rings. The molecule has 0 aliphatic carbocycles. The molecule has 0 radical (unpaired) electrons. The van der Waals surface area contributed by atoms with E-state index in [2.05, 4.69) is 15.0 Å². The number of aromatic amines is 1. The number of carbonyl (C=O) groups is 1. The van der Waals surface area contributed by atoms with Crippen molar-refractivity contribution in [2.75, 3.05) is 12.3 Å². The summed E-state index contributed by atoms with van der Waals surface area (Å²) in [6.45, 7) is 0.225. The van der Waals surface area contributed by atoms with E-state index in [-0.39, 0.29) is 24.0 Å². The first kappa shape index (κ1) is 12.2. The monoisotopic (exact) mass is 251 g/mol. The number of aromatic nitrogens is 4. The van der Waals surface area contributed by atoms with Crippen molar-refractivity contribution >= 4 is 23.4 Å². The highest BCUT2D eigenvalue weighted by atomic mass is 16.3. The average Bonchev–Trinajstić information content (AvgIpc) is 2.72. The Hall–Kier alpha value is -2.22. The lowest BCUT2D eigenvalue weighted by atomic mass is 10.1. The minimum absolute atomic E-state index is 0.000869. The standard InChI is InChI=1S/C10H13N5O3/c11-10-13-8-7(9(18)14-10)12-5-15(8)3-6(4-17)1-2-16/h4-6,16H,1-3H2,(H3,11,13,14,18). The Morgan fingerprint density at radius 1 is 1.61 bits per heavy atom. The Labute approximate surface area is 101 Å². The molecular formula is C10H13N5O3. The highest BCUT2D eigenvalue weighted by Crippen LogP contribution is 2.10. The molecule has 2 aromatic heterocycles. The lowest BCUT2D eigenvalue weighted by Crippen LogP contribution is -2.15. The van der Waals surface area contributed by atoms with Crippen molar-refractivity contribution in [1.29, 1.82) is 0 Å². The minimum Gasteiger partial charge on any atom is -0.396 e. The topological polar surface area (TPSA) is 127 Å². The van der Waals surface area contributed by atoms with Gasteiger partial charge in [-0.25, -0.2) is 4.98 Å². The second-order valence-corrected chi connectivity index (χ2v) is 3.93. The van der Waals surface area contributed by atoms with Crippen molar-refractivity contribution in [3.05, 3.63) is 16.7 Å². The highest BCUT2D eigenvalue weighted by Gasteiger charge is 2.13. The molecule has 0 aromatic carbocycles. The van der Waals surface area contributed by atoms with Crippen LogP contribution in [0.1, 0.15) is 6.42 Å².